The Hall–Kier alpha value is -2.82. The second-order valence-electron chi connectivity index (χ2n) is 8.12. The van der Waals surface area contributed by atoms with Gasteiger partial charge in [-0.2, -0.15) is 0 Å². The van der Waals surface area contributed by atoms with Crippen LogP contribution in [0, 0.1) is 0 Å². The lowest BCUT2D eigenvalue weighted by Crippen LogP contribution is -2.12. The normalized spacial score (nSPS) is 11.4. The van der Waals surface area contributed by atoms with Gasteiger partial charge in [0.25, 0.3) is 5.91 Å². The molecule has 1 amide bonds. The van der Waals surface area contributed by atoms with Crippen molar-refractivity contribution in [2.24, 2.45) is 0 Å². The molecule has 2 aromatic carbocycles. The third kappa shape index (κ3) is 8.33. The topological polar surface area (TPSA) is 107 Å². The Bertz CT molecular complexity index is 1320. The van der Waals surface area contributed by atoms with Crippen molar-refractivity contribution in [1.82, 2.24) is 4.98 Å². The third-order valence-corrected chi connectivity index (χ3v) is 7.19. The molecule has 8 nitrogen and oxygen atoms in total. The second kappa shape index (κ2) is 15.1. The molecule has 0 fully saturated rings. The van der Waals surface area contributed by atoms with Gasteiger partial charge in [-0.15, -0.1) is 22.9 Å². The minimum atomic E-state index is -1.28. The van der Waals surface area contributed by atoms with Crippen LogP contribution < -0.4 is 10.1 Å². The molecule has 0 unspecified atom stereocenters. The summed E-state index contributed by atoms with van der Waals surface area (Å²) in [5.41, 5.74) is 2.83. The summed E-state index contributed by atoms with van der Waals surface area (Å²) in [5, 5.41) is 14.3. The number of carboxylic acids is 1. The number of para-hydroxylation sites is 1. The van der Waals surface area contributed by atoms with Crippen LogP contribution in [0.15, 0.2) is 41.5 Å². The molecule has 0 spiro atoms. The van der Waals surface area contributed by atoms with Crippen molar-refractivity contribution in [2.45, 2.75) is 19.3 Å². The summed E-state index contributed by atoms with van der Waals surface area (Å²) < 4.78 is 16.2. The Morgan fingerprint density at radius 2 is 1.87 bits per heavy atom. The molecular formula is C27H27Cl3N2O6S. The van der Waals surface area contributed by atoms with Gasteiger partial charge in [-0.05, 0) is 49.1 Å². The van der Waals surface area contributed by atoms with Crippen LogP contribution in [0.1, 0.15) is 34.3 Å². The van der Waals surface area contributed by atoms with E-state index in [1.54, 1.807) is 7.11 Å². The van der Waals surface area contributed by atoms with Crippen LogP contribution in [-0.4, -0.2) is 55.3 Å². The number of aliphatic carboxylic acids is 1. The summed E-state index contributed by atoms with van der Waals surface area (Å²) in [6.45, 7) is 1.22. The zero-order valence-electron chi connectivity index (χ0n) is 21.3. The Morgan fingerprint density at radius 3 is 2.51 bits per heavy atom. The summed E-state index contributed by atoms with van der Waals surface area (Å²) in [6, 6.07) is 8.60. The molecule has 39 heavy (non-hydrogen) atoms. The number of amides is 1. The number of anilines is 1. The molecule has 3 rings (SSSR count). The summed E-state index contributed by atoms with van der Waals surface area (Å²) in [6.07, 6.45) is 3.72. The fourth-order valence-electron chi connectivity index (χ4n) is 3.62. The van der Waals surface area contributed by atoms with Gasteiger partial charge in [0.1, 0.15) is 5.75 Å². The number of unbranched alkanes of at least 4 members (excludes halogenated alkanes) is 1. The number of halogens is 3. The molecular weight excluding hydrogens is 587 g/mol. The zero-order chi connectivity index (χ0) is 28.4. The van der Waals surface area contributed by atoms with E-state index in [-0.39, 0.29) is 26.9 Å². The first-order chi connectivity index (χ1) is 18.8. The van der Waals surface area contributed by atoms with E-state index in [2.05, 4.69) is 10.3 Å². The Morgan fingerprint density at radius 1 is 1.13 bits per heavy atom. The number of hydrogen-bond acceptors (Lipinski definition) is 7. The number of nitrogens with zero attached hydrogens (tertiary/aromatic N) is 1. The van der Waals surface area contributed by atoms with E-state index >= 15 is 0 Å². The van der Waals surface area contributed by atoms with Crippen molar-refractivity contribution in [3.8, 4) is 17.0 Å². The minimum absolute atomic E-state index is 0.0906. The molecule has 0 atom stereocenters. The molecule has 1 aromatic heterocycles. The zero-order valence-corrected chi connectivity index (χ0v) is 24.3. The molecule has 0 bridgehead atoms. The van der Waals surface area contributed by atoms with Gasteiger partial charge in [0.05, 0.1) is 36.6 Å². The summed E-state index contributed by atoms with van der Waals surface area (Å²) in [7, 11) is 2.83. The maximum atomic E-state index is 12.9. The fourth-order valence-corrected chi connectivity index (χ4v) is 5.11. The van der Waals surface area contributed by atoms with E-state index in [4.69, 9.17) is 54.1 Å². The van der Waals surface area contributed by atoms with Gasteiger partial charge in [0.15, 0.2) is 5.13 Å². The first-order valence-corrected chi connectivity index (χ1v) is 14.0. The van der Waals surface area contributed by atoms with Gasteiger partial charge < -0.3 is 19.3 Å². The first-order valence-electron chi connectivity index (χ1n) is 11.8. The highest BCUT2D eigenvalue weighted by Gasteiger charge is 2.18. The number of carboxylic acid groups (broad SMARTS) is 1. The van der Waals surface area contributed by atoms with Crippen molar-refractivity contribution in [3.05, 3.63) is 68.2 Å². The molecule has 3 aromatic rings. The fraction of sp³-hybridized carbons (Fsp3) is 0.296. The van der Waals surface area contributed by atoms with Crippen LogP contribution in [0.2, 0.25) is 10.0 Å². The van der Waals surface area contributed by atoms with Gasteiger partial charge in [-0.25, -0.2) is 9.78 Å². The molecule has 0 aliphatic heterocycles. The van der Waals surface area contributed by atoms with Crippen LogP contribution in [0.25, 0.3) is 17.3 Å². The van der Waals surface area contributed by atoms with E-state index in [1.165, 1.54) is 36.7 Å². The number of ether oxygens (including phenoxy) is 3. The highest BCUT2D eigenvalue weighted by Crippen LogP contribution is 2.35. The van der Waals surface area contributed by atoms with Crippen LogP contribution in [-0.2, 0) is 20.7 Å². The highest BCUT2D eigenvalue weighted by molar-refractivity contribution is 7.14. The maximum Gasteiger partial charge on any atom is 0.371 e. The van der Waals surface area contributed by atoms with Gasteiger partial charge >= 0.3 is 5.97 Å². The molecule has 12 heteroatoms. The van der Waals surface area contributed by atoms with Crippen LogP contribution >= 0.6 is 46.1 Å². The van der Waals surface area contributed by atoms with Crippen molar-refractivity contribution >= 4 is 69.2 Å². The SMILES string of the molecule is CO/C(=C/c1c(Cl)cc(C(=O)Nc2nc(-c3cccc(CCOCCCCCl)c3OC)cs2)cc1Cl)C(=O)O. The van der Waals surface area contributed by atoms with Crippen molar-refractivity contribution in [1.29, 1.82) is 0 Å². The molecule has 0 saturated carbocycles. The quantitative estimate of drug-likeness (QED) is 0.0870. The molecule has 2 N–H and O–H groups in total. The number of hydrogen-bond donors (Lipinski definition) is 2. The van der Waals surface area contributed by atoms with Crippen molar-refractivity contribution < 1.29 is 28.9 Å². The number of aromatic nitrogens is 1. The standard InChI is InChI=1S/C27H27Cl3N2O6S/c1-36-23(26(34)35)14-19-20(29)12-17(13-21(19)30)25(33)32-27-31-22(15-39-27)18-7-5-6-16(24(18)37-2)8-11-38-10-4-3-9-28/h5-7,12-15H,3-4,8-11H2,1-2H3,(H,34,35)(H,31,32,33)/b23-14+. The Kier molecular flexibility index (Phi) is 11.9. The van der Waals surface area contributed by atoms with Gasteiger partial charge in [0, 0.05) is 34.6 Å². The predicted molar refractivity (Wildman–Crippen MR) is 156 cm³/mol. The Labute approximate surface area is 245 Å². The molecule has 0 saturated heterocycles. The van der Waals surface area contributed by atoms with E-state index in [0.29, 0.717) is 42.1 Å². The number of nitrogens with one attached hydrogen (secondary N) is 1. The number of alkyl halides is 1. The average molecular weight is 614 g/mol. The second-order valence-corrected chi connectivity index (χ2v) is 10.2. The lowest BCUT2D eigenvalue weighted by atomic mass is 10.0. The van der Waals surface area contributed by atoms with Gasteiger partial charge in [-0.3, -0.25) is 10.1 Å². The van der Waals surface area contributed by atoms with Gasteiger partial charge in [-0.1, -0.05) is 35.3 Å². The average Bonchev–Trinajstić information content (AvgIpc) is 3.38. The number of benzene rings is 2. The highest BCUT2D eigenvalue weighted by atomic mass is 35.5. The van der Waals surface area contributed by atoms with Crippen LogP contribution in [0.5, 0.6) is 5.75 Å². The number of carbonyl (C=O) groups is 2. The monoisotopic (exact) mass is 612 g/mol. The van der Waals surface area contributed by atoms with E-state index in [1.807, 2.05) is 23.6 Å². The largest absolute Gasteiger partial charge is 0.496 e. The molecule has 208 valence electrons. The summed E-state index contributed by atoms with van der Waals surface area (Å²) in [5.74, 6) is -0.776. The maximum absolute atomic E-state index is 12.9. The molecule has 0 aliphatic carbocycles. The van der Waals surface area contributed by atoms with Crippen molar-refractivity contribution in [2.75, 3.05) is 38.6 Å². The Balaban J connectivity index is 1.74. The minimum Gasteiger partial charge on any atom is -0.496 e. The third-order valence-electron chi connectivity index (χ3n) is 5.54. The number of thiazole rings is 1. The van der Waals surface area contributed by atoms with Gasteiger partial charge in [0.2, 0.25) is 5.76 Å². The smallest absolute Gasteiger partial charge is 0.371 e. The first kappa shape index (κ1) is 30.7. The number of carbonyl (C=O) groups excluding carboxylic acids is 1. The van der Waals surface area contributed by atoms with E-state index < -0.39 is 11.9 Å². The summed E-state index contributed by atoms with van der Waals surface area (Å²) in [4.78, 5) is 28.7. The van der Waals surface area contributed by atoms with Crippen molar-refractivity contribution in [3.63, 3.8) is 0 Å². The van der Waals surface area contributed by atoms with E-state index in [0.717, 1.165) is 24.0 Å². The molecule has 0 radical (unpaired) electrons. The number of methoxy groups -OCH3 is 2. The summed E-state index contributed by atoms with van der Waals surface area (Å²) >= 11 is 19.5. The predicted octanol–water partition coefficient (Wildman–Crippen LogP) is 7.03. The molecule has 0 aliphatic rings. The lowest BCUT2D eigenvalue weighted by molar-refractivity contribution is -0.135. The molecule has 1 heterocycles. The lowest BCUT2D eigenvalue weighted by Gasteiger charge is -2.12. The van der Waals surface area contributed by atoms with Crippen LogP contribution in [0.3, 0.4) is 0 Å². The van der Waals surface area contributed by atoms with Crippen LogP contribution in [0.4, 0.5) is 5.13 Å². The van der Waals surface area contributed by atoms with E-state index in [9.17, 15) is 9.59 Å². The number of rotatable bonds is 14.